The van der Waals surface area contributed by atoms with Crippen LogP contribution in [0, 0.1) is 12.8 Å². The fraction of sp³-hybridized carbons (Fsp3) is 0.500. The first-order valence-corrected chi connectivity index (χ1v) is 8.65. The van der Waals surface area contributed by atoms with E-state index in [1.54, 1.807) is 32.0 Å². The summed E-state index contributed by atoms with van der Waals surface area (Å²) in [7, 11) is 0. The zero-order chi connectivity index (χ0) is 18.8. The van der Waals surface area contributed by atoms with Gasteiger partial charge in [-0.1, -0.05) is 24.9 Å². The van der Waals surface area contributed by atoms with Crippen molar-refractivity contribution in [2.75, 3.05) is 13.2 Å². The minimum Gasteiger partial charge on any atom is -0.483 e. The van der Waals surface area contributed by atoms with Crippen molar-refractivity contribution in [1.82, 2.24) is 5.43 Å². The number of esters is 1. The first-order chi connectivity index (χ1) is 11.9. The van der Waals surface area contributed by atoms with E-state index in [9.17, 15) is 9.59 Å². The molecule has 0 saturated heterocycles. The Morgan fingerprint density at radius 3 is 2.64 bits per heavy atom. The molecule has 6 nitrogen and oxygen atoms in total. The maximum Gasteiger partial charge on any atom is 0.314 e. The number of carbonyl (C=O) groups is 2. The van der Waals surface area contributed by atoms with Gasteiger partial charge in [0.2, 0.25) is 0 Å². The van der Waals surface area contributed by atoms with Gasteiger partial charge in [-0.25, -0.2) is 5.43 Å². The number of benzene rings is 1. The molecule has 0 fully saturated rings. The standard InChI is InChI=1S/C18H25ClN2O4/c1-5-7-15(18(23)24-6-2)13(4)20-21-17(22)11-25-16-9-8-14(19)10-12(16)3/h8-10,15H,5-7,11H2,1-4H3,(H,21,22). The van der Waals surface area contributed by atoms with Crippen molar-refractivity contribution >= 4 is 29.2 Å². The van der Waals surface area contributed by atoms with Gasteiger partial charge in [0.05, 0.1) is 12.5 Å². The number of nitrogens with zero attached hydrogens (tertiary/aromatic N) is 1. The SMILES string of the molecule is CCCC(C(=O)OCC)C(C)=NNC(=O)COc1ccc(Cl)cc1C. The van der Waals surface area contributed by atoms with E-state index in [0.717, 1.165) is 12.0 Å². The molecule has 0 bridgehead atoms. The molecule has 7 heteroatoms. The molecule has 0 aliphatic rings. The molecule has 1 aromatic carbocycles. The van der Waals surface area contributed by atoms with Crippen molar-refractivity contribution in [2.45, 2.75) is 40.5 Å². The van der Waals surface area contributed by atoms with Gasteiger partial charge in [0, 0.05) is 10.7 Å². The number of hydrogen-bond acceptors (Lipinski definition) is 5. The molecule has 1 amide bonds. The fourth-order valence-corrected chi connectivity index (χ4v) is 2.43. The van der Waals surface area contributed by atoms with E-state index in [4.69, 9.17) is 21.1 Å². The van der Waals surface area contributed by atoms with Gasteiger partial charge in [0.15, 0.2) is 6.61 Å². The van der Waals surface area contributed by atoms with Crippen molar-refractivity contribution < 1.29 is 19.1 Å². The highest BCUT2D eigenvalue weighted by Gasteiger charge is 2.22. The topological polar surface area (TPSA) is 77.0 Å². The van der Waals surface area contributed by atoms with Crippen LogP contribution in [0.4, 0.5) is 0 Å². The quantitative estimate of drug-likeness (QED) is 0.411. The van der Waals surface area contributed by atoms with Gasteiger partial charge in [-0.2, -0.15) is 5.10 Å². The van der Waals surface area contributed by atoms with Crippen LogP contribution in [0.25, 0.3) is 0 Å². The second-order valence-electron chi connectivity index (χ2n) is 5.58. The highest BCUT2D eigenvalue weighted by atomic mass is 35.5. The van der Waals surface area contributed by atoms with Gasteiger partial charge in [0.25, 0.3) is 5.91 Å². The lowest BCUT2D eigenvalue weighted by molar-refractivity contribution is -0.145. The number of carbonyl (C=O) groups excluding carboxylic acids is 2. The van der Waals surface area contributed by atoms with Gasteiger partial charge < -0.3 is 9.47 Å². The average molecular weight is 369 g/mol. The van der Waals surface area contributed by atoms with Crippen LogP contribution in [0.15, 0.2) is 23.3 Å². The summed E-state index contributed by atoms with van der Waals surface area (Å²) in [6.45, 7) is 7.40. The number of hydrogen-bond donors (Lipinski definition) is 1. The normalized spacial score (nSPS) is 12.4. The number of amides is 1. The Morgan fingerprint density at radius 1 is 1.32 bits per heavy atom. The summed E-state index contributed by atoms with van der Waals surface area (Å²) in [6.07, 6.45) is 1.42. The molecule has 0 radical (unpaired) electrons. The van der Waals surface area contributed by atoms with Crippen molar-refractivity contribution in [1.29, 1.82) is 0 Å². The highest BCUT2D eigenvalue weighted by Crippen LogP contribution is 2.21. The molecule has 25 heavy (non-hydrogen) atoms. The summed E-state index contributed by atoms with van der Waals surface area (Å²) in [6, 6.07) is 5.15. The minimum absolute atomic E-state index is 0.183. The third-order valence-corrected chi connectivity index (χ3v) is 3.74. The maximum absolute atomic E-state index is 11.9. The predicted molar refractivity (Wildman–Crippen MR) is 98.0 cm³/mol. The lowest BCUT2D eigenvalue weighted by atomic mass is 9.99. The van der Waals surface area contributed by atoms with Crippen LogP contribution in [0.5, 0.6) is 5.75 Å². The van der Waals surface area contributed by atoms with Gasteiger partial charge in [0.1, 0.15) is 5.75 Å². The van der Waals surface area contributed by atoms with Crippen molar-refractivity contribution in [3.05, 3.63) is 28.8 Å². The van der Waals surface area contributed by atoms with Crippen LogP contribution in [-0.4, -0.2) is 30.8 Å². The van der Waals surface area contributed by atoms with Gasteiger partial charge >= 0.3 is 5.97 Å². The van der Waals surface area contributed by atoms with Crippen LogP contribution in [0.1, 0.15) is 39.2 Å². The molecule has 0 heterocycles. The van der Waals surface area contributed by atoms with Gasteiger partial charge in [-0.15, -0.1) is 0 Å². The molecule has 0 aliphatic carbocycles. The number of nitrogens with one attached hydrogen (secondary N) is 1. The molecule has 1 rings (SSSR count). The number of rotatable bonds is 9. The minimum atomic E-state index is -0.454. The molecule has 0 aliphatic heterocycles. The van der Waals surface area contributed by atoms with E-state index in [2.05, 4.69) is 10.5 Å². The monoisotopic (exact) mass is 368 g/mol. The average Bonchev–Trinajstić information content (AvgIpc) is 2.56. The van der Waals surface area contributed by atoms with Crippen molar-refractivity contribution in [2.24, 2.45) is 11.0 Å². The zero-order valence-electron chi connectivity index (χ0n) is 15.1. The molecule has 1 aromatic rings. The Labute approximate surface area is 153 Å². The number of aryl methyl sites for hydroxylation is 1. The van der Waals surface area contributed by atoms with Crippen LogP contribution in [0.2, 0.25) is 5.02 Å². The Hall–Kier alpha value is -2.08. The fourth-order valence-electron chi connectivity index (χ4n) is 2.21. The molecular formula is C18H25ClN2O4. The van der Waals surface area contributed by atoms with Crippen molar-refractivity contribution in [3.63, 3.8) is 0 Å². The molecule has 1 unspecified atom stereocenters. The summed E-state index contributed by atoms with van der Waals surface area (Å²) in [4.78, 5) is 23.8. The van der Waals surface area contributed by atoms with Crippen LogP contribution in [0.3, 0.4) is 0 Å². The number of hydrazone groups is 1. The lowest BCUT2D eigenvalue weighted by Crippen LogP contribution is -2.30. The van der Waals surface area contributed by atoms with Crippen LogP contribution < -0.4 is 10.2 Å². The number of halogens is 1. The molecule has 0 spiro atoms. The maximum atomic E-state index is 11.9. The van der Waals surface area contributed by atoms with E-state index in [0.29, 0.717) is 29.5 Å². The summed E-state index contributed by atoms with van der Waals surface area (Å²) in [5, 5.41) is 4.62. The highest BCUT2D eigenvalue weighted by molar-refractivity contribution is 6.30. The third-order valence-electron chi connectivity index (χ3n) is 3.51. The van der Waals surface area contributed by atoms with Gasteiger partial charge in [-0.05, 0) is 51.0 Å². The summed E-state index contributed by atoms with van der Waals surface area (Å²) >= 11 is 5.88. The Bertz CT molecular complexity index is 632. The van der Waals surface area contributed by atoms with Crippen LogP contribution >= 0.6 is 11.6 Å². The zero-order valence-corrected chi connectivity index (χ0v) is 15.9. The van der Waals surface area contributed by atoms with E-state index in [1.807, 2.05) is 13.8 Å². The number of ether oxygens (including phenoxy) is 2. The third kappa shape index (κ3) is 7.13. The van der Waals surface area contributed by atoms with Crippen molar-refractivity contribution in [3.8, 4) is 5.75 Å². The Morgan fingerprint density at radius 2 is 2.04 bits per heavy atom. The molecular weight excluding hydrogens is 344 g/mol. The Kier molecular flexibility index (Phi) is 8.99. The largest absolute Gasteiger partial charge is 0.483 e. The van der Waals surface area contributed by atoms with Gasteiger partial charge in [-0.3, -0.25) is 9.59 Å². The second-order valence-corrected chi connectivity index (χ2v) is 6.02. The molecule has 1 N–H and O–H groups in total. The first kappa shape index (κ1) is 21.0. The lowest BCUT2D eigenvalue weighted by Gasteiger charge is -2.14. The first-order valence-electron chi connectivity index (χ1n) is 8.27. The summed E-state index contributed by atoms with van der Waals surface area (Å²) in [5.41, 5.74) is 3.76. The summed E-state index contributed by atoms with van der Waals surface area (Å²) < 4.78 is 10.5. The van der Waals surface area contributed by atoms with E-state index in [-0.39, 0.29) is 12.6 Å². The second kappa shape index (κ2) is 10.7. The predicted octanol–water partition coefficient (Wildman–Crippen LogP) is 3.50. The molecule has 0 saturated carbocycles. The summed E-state index contributed by atoms with van der Waals surface area (Å²) in [5.74, 6) is -0.610. The Balaban J connectivity index is 2.59. The smallest absolute Gasteiger partial charge is 0.314 e. The molecule has 1 atom stereocenters. The van der Waals surface area contributed by atoms with E-state index in [1.165, 1.54) is 0 Å². The molecule has 138 valence electrons. The van der Waals surface area contributed by atoms with Crippen LogP contribution in [-0.2, 0) is 14.3 Å². The molecule has 0 aromatic heterocycles. The van der Waals surface area contributed by atoms with E-state index < -0.39 is 11.8 Å². The van der Waals surface area contributed by atoms with E-state index >= 15 is 0 Å².